The van der Waals surface area contributed by atoms with Gasteiger partial charge in [-0.2, -0.15) is 5.10 Å². The van der Waals surface area contributed by atoms with E-state index in [2.05, 4.69) is 12.0 Å². The van der Waals surface area contributed by atoms with E-state index in [1.165, 1.54) is 11.8 Å². The number of carbonyl (C=O) groups excluding carboxylic acids is 1. The molecule has 0 aliphatic heterocycles. The lowest BCUT2D eigenvalue weighted by atomic mass is 10.1. The monoisotopic (exact) mass is 472 g/mol. The van der Waals surface area contributed by atoms with Gasteiger partial charge in [0, 0.05) is 9.92 Å². The summed E-state index contributed by atoms with van der Waals surface area (Å²) in [5.74, 6) is 0.737. The van der Waals surface area contributed by atoms with Crippen LogP contribution in [0.3, 0.4) is 0 Å². The fourth-order valence-electron chi connectivity index (χ4n) is 2.94. The van der Waals surface area contributed by atoms with Crippen LogP contribution in [0.1, 0.15) is 56.6 Å². The van der Waals surface area contributed by atoms with Gasteiger partial charge in [0.15, 0.2) is 0 Å². The molecular weight excluding hydrogens is 444 g/mol. The zero-order chi connectivity index (χ0) is 23.3. The topological polar surface area (TPSA) is 53.4 Å². The summed E-state index contributed by atoms with van der Waals surface area (Å²) < 4.78 is 13.4. The molecule has 0 atom stereocenters. The Morgan fingerprint density at radius 3 is 2.34 bits per heavy atom. The van der Waals surface area contributed by atoms with Gasteiger partial charge in [-0.05, 0) is 82.6 Å². The molecule has 0 unspecified atom stereocenters. The number of hydrogen-bond donors (Lipinski definition) is 0. The molecule has 0 bridgehead atoms. The van der Waals surface area contributed by atoms with Crippen LogP contribution in [0.2, 0.25) is 5.02 Å². The number of esters is 1. The van der Waals surface area contributed by atoms with Gasteiger partial charge in [-0.25, -0.2) is 9.48 Å². The minimum Gasteiger partial charge on any atom is -0.494 e. The maximum absolute atomic E-state index is 13.0. The van der Waals surface area contributed by atoms with Gasteiger partial charge < -0.3 is 9.47 Å². The number of carbonyl (C=O) groups is 1. The van der Waals surface area contributed by atoms with E-state index < -0.39 is 5.97 Å². The molecule has 0 N–H and O–H groups in total. The summed E-state index contributed by atoms with van der Waals surface area (Å²) in [5.41, 5.74) is 0.882. The highest BCUT2D eigenvalue weighted by Gasteiger charge is 2.27. The van der Waals surface area contributed by atoms with E-state index in [0.717, 1.165) is 34.1 Å². The van der Waals surface area contributed by atoms with Crippen molar-refractivity contribution in [3.8, 4) is 11.6 Å². The SMILES string of the molecule is CCCCOc1ccc(C(=O)Oc2c(Sc3ccc(Cl)cc3)c(C)nn2C(C)(C)C)cc1. The smallest absolute Gasteiger partial charge is 0.344 e. The maximum Gasteiger partial charge on any atom is 0.344 e. The molecule has 32 heavy (non-hydrogen) atoms. The highest BCUT2D eigenvalue weighted by Crippen LogP contribution is 2.40. The zero-order valence-corrected chi connectivity index (χ0v) is 20.7. The summed E-state index contributed by atoms with van der Waals surface area (Å²) in [7, 11) is 0. The molecule has 1 heterocycles. The van der Waals surface area contributed by atoms with Gasteiger partial charge in [-0.15, -0.1) is 0 Å². The number of ether oxygens (including phenoxy) is 2. The first kappa shape index (κ1) is 24.2. The molecule has 0 spiro atoms. The Bertz CT molecular complexity index is 1050. The number of rotatable bonds is 8. The van der Waals surface area contributed by atoms with Crippen LogP contribution in [0.4, 0.5) is 0 Å². The average molecular weight is 473 g/mol. The van der Waals surface area contributed by atoms with Gasteiger partial charge in [0.05, 0.1) is 28.3 Å². The van der Waals surface area contributed by atoms with E-state index >= 15 is 0 Å². The van der Waals surface area contributed by atoms with Crippen LogP contribution in [0, 0.1) is 6.92 Å². The van der Waals surface area contributed by atoms with Crippen molar-refractivity contribution in [2.75, 3.05) is 6.61 Å². The molecule has 0 aliphatic rings. The standard InChI is InChI=1S/C25H29ClN2O3S/c1-6-7-16-30-20-12-8-18(9-13-20)24(29)31-23-22(17(2)27-28(23)25(3,4)5)32-21-14-10-19(26)11-15-21/h8-15H,6-7,16H2,1-5H3. The van der Waals surface area contributed by atoms with Crippen LogP contribution in [0.25, 0.3) is 0 Å². The molecular formula is C25H29ClN2O3S. The van der Waals surface area contributed by atoms with Crippen molar-refractivity contribution in [1.29, 1.82) is 0 Å². The van der Waals surface area contributed by atoms with Crippen molar-refractivity contribution < 1.29 is 14.3 Å². The zero-order valence-electron chi connectivity index (χ0n) is 19.1. The third kappa shape index (κ3) is 6.08. The van der Waals surface area contributed by atoms with Crippen LogP contribution < -0.4 is 9.47 Å². The Balaban J connectivity index is 1.86. The number of unbranched alkanes of at least 4 members (excludes halogenated alkanes) is 1. The fraction of sp³-hybridized carbons (Fsp3) is 0.360. The van der Waals surface area contributed by atoms with Gasteiger partial charge in [-0.1, -0.05) is 36.7 Å². The summed E-state index contributed by atoms with van der Waals surface area (Å²) in [5, 5.41) is 5.34. The average Bonchev–Trinajstić information content (AvgIpc) is 3.06. The molecule has 1 aromatic heterocycles. The van der Waals surface area contributed by atoms with E-state index in [-0.39, 0.29) is 5.54 Å². The number of nitrogens with zero attached hydrogens (tertiary/aromatic N) is 2. The Kier molecular flexibility index (Phi) is 7.91. The van der Waals surface area contributed by atoms with Gasteiger partial charge in [0.2, 0.25) is 5.88 Å². The molecule has 170 valence electrons. The molecule has 2 aromatic carbocycles. The van der Waals surface area contributed by atoms with Crippen molar-refractivity contribution in [2.24, 2.45) is 0 Å². The molecule has 0 aliphatic carbocycles. The molecule has 5 nitrogen and oxygen atoms in total. The molecule has 0 fully saturated rings. The van der Waals surface area contributed by atoms with E-state index in [0.29, 0.717) is 23.1 Å². The lowest BCUT2D eigenvalue weighted by Gasteiger charge is -2.22. The van der Waals surface area contributed by atoms with Crippen molar-refractivity contribution in [3.05, 3.63) is 64.8 Å². The van der Waals surface area contributed by atoms with Crippen LogP contribution in [0.5, 0.6) is 11.6 Å². The van der Waals surface area contributed by atoms with Gasteiger partial charge >= 0.3 is 5.97 Å². The Morgan fingerprint density at radius 1 is 1.09 bits per heavy atom. The summed E-state index contributed by atoms with van der Waals surface area (Å²) in [6, 6.07) is 14.6. The first-order valence-corrected chi connectivity index (χ1v) is 11.9. The second-order valence-corrected chi connectivity index (χ2v) is 9.99. The predicted molar refractivity (Wildman–Crippen MR) is 129 cm³/mol. The third-order valence-corrected chi connectivity index (χ3v) is 6.11. The highest BCUT2D eigenvalue weighted by molar-refractivity contribution is 7.99. The highest BCUT2D eigenvalue weighted by atomic mass is 35.5. The van der Waals surface area contributed by atoms with Crippen LogP contribution in [0.15, 0.2) is 58.3 Å². The van der Waals surface area contributed by atoms with Crippen molar-refractivity contribution in [1.82, 2.24) is 9.78 Å². The van der Waals surface area contributed by atoms with Crippen LogP contribution in [-0.4, -0.2) is 22.4 Å². The largest absolute Gasteiger partial charge is 0.494 e. The number of benzene rings is 2. The molecule has 0 amide bonds. The Morgan fingerprint density at radius 2 is 1.75 bits per heavy atom. The number of aromatic nitrogens is 2. The normalized spacial score (nSPS) is 11.4. The van der Waals surface area contributed by atoms with Gasteiger partial charge in [-0.3, -0.25) is 0 Å². The lowest BCUT2D eigenvalue weighted by molar-refractivity contribution is 0.0704. The summed E-state index contributed by atoms with van der Waals surface area (Å²) in [6.07, 6.45) is 2.07. The van der Waals surface area contributed by atoms with E-state index in [1.807, 2.05) is 52.0 Å². The van der Waals surface area contributed by atoms with E-state index in [4.69, 9.17) is 21.1 Å². The Labute approximate surface area is 199 Å². The number of halogens is 1. The lowest BCUT2D eigenvalue weighted by Crippen LogP contribution is -2.25. The predicted octanol–water partition coefficient (Wildman–Crippen LogP) is 7.15. The van der Waals surface area contributed by atoms with Crippen LogP contribution >= 0.6 is 23.4 Å². The molecule has 7 heteroatoms. The minimum absolute atomic E-state index is 0.365. The van der Waals surface area contributed by atoms with Crippen LogP contribution in [-0.2, 0) is 5.54 Å². The van der Waals surface area contributed by atoms with Crippen molar-refractivity contribution >= 4 is 29.3 Å². The Hall–Kier alpha value is -2.44. The first-order valence-electron chi connectivity index (χ1n) is 10.7. The molecule has 0 saturated carbocycles. The van der Waals surface area contributed by atoms with Crippen molar-refractivity contribution in [3.63, 3.8) is 0 Å². The van der Waals surface area contributed by atoms with E-state index in [9.17, 15) is 4.79 Å². The van der Waals surface area contributed by atoms with E-state index in [1.54, 1.807) is 28.9 Å². The molecule has 0 radical (unpaired) electrons. The second kappa shape index (κ2) is 10.5. The summed E-state index contributed by atoms with van der Waals surface area (Å²) in [4.78, 5) is 14.8. The second-order valence-electron chi connectivity index (χ2n) is 8.47. The number of aryl methyl sites for hydroxylation is 1. The first-order chi connectivity index (χ1) is 15.2. The van der Waals surface area contributed by atoms with Gasteiger partial charge in [0.1, 0.15) is 5.75 Å². The third-order valence-electron chi connectivity index (χ3n) is 4.68. The summed E-state index contributed by atoms with van der Waals surface area (Å²) >= 11 is 7.52. The number of hydrogen-bond acceptors (Lipinski definition) is 5. The molecule has 3 aromatic rings. The fourth-order valence-corrected chi connectivity index (χ4v) is 3.98. The van der Waals surface area contributed by atoms with Crippen molar-refractivity contribution in [2.45, 2.75) is 62.8 Å². The minimum atomic E-state index is -0.437. The molecule has 0 saturated heterocycles. The van der Waals surface area contributed by atoms with Gasteiger partial charge in [0.25, 0.3) is 0 Å². The molecule has 3 rings (SSSR count). The summed E-state index contributed by atoms with van der Waals surface area (Å²) in [6.45, 7) is 10.8. The maximum atomic E-state index is 13.0. The quantitative estimate of drug-likeness (QED) is 0.257.